The predicted molar refractivity (Wildman–Crippen MR) is 96.7 cm³/mol. The summed E-state index contributed by atoms with van der Waals surface area (Å²) >= 11 is 0. The van der Waals surface area contributed by atoms with E-state index >= 15 is 0 Å². The smallest absolute Gasteiger partial charge is 0.181 e. The van der Waals surface area contributed by atoms with Crippen LogP contribution in [0.1, 0.15) is 29.9 Å². The van der Waals surface area contributed by atoms with Crippen molar-refractivity contribution in [2.75, 3.05) is 13.7 Å². The van der Waals surface area contributed by atoms with Crippen LogP contribution in [0.3, 0.4) is 0 Å². The average molecular weight is 338 g/mol. The topological polar surface area (TPSA) is 86.0 Å². The van der Waals surface area contributed by atoms with Gasteiger partial charge in [-0.15, -0.1) is 0 Å². The molecule has 6 nitrogen and oxygen atoms in total. The van der Waals surface area contributed by atoms with E-state index in [2.05, 4.69) is 15.2 Å². The van der Waals surface area contributed by atoms with Crippen LogP contribution in [0.2, 0.25) is 0 Å². The van der Waals surface area contributed by atoms with Crippen LogP contribution in [0.4, 0.5) is 0 Å². The number of ether oxygens (including phenoxy) is 2. The van der Waals surface area contributed by atoms with Crippen molar-refractivity contribution in [1.29, 1.82) is 0 Å². The molecule has 0 radical (unpaired) electrons. The van der Waals surface area contributed by atoms with Crippen LogP contribution in [0.25, 0.3) is 11.4 Å². The molecule has 1 aromatic heterocycles. The van der Waals surface area contributed by atoms with Crippen LogP contribution >= 0.6 is 0 Å². The van der Waals surface area contributed by atoms with Gasteiger partial charge >= 0.3 is 0 Å². The van der Waals surface area contributed by atoms with Gasteiger partial charge in [0.15, 0.2) is 17.3 Å². The molecule has 6 heteroatoms. The van der Waals surface area contributed by atoms with E-state index in [4.69, 9.17) is 15.2 Å². The summed E-state index contributed by atoms with van der Waals surface area (Å²) in [5.74, 6) is 2.57. The number of aromatic nitrogens is 3. The molecular formula is C19H22N4O2. The molecule has 0 aliphatic carbocycles. The molecule has 3 rings (SSSR count). The molecule has 1 unspecified atom stereocenters. The van der Waals surface area contributed by atoms with Crippen LogP contribution in [-0.2, 0) is 0 Å². The van der Waals surface area contributed by atoms with Gasteiger partial charge in [0.2, 0.25) is 0 Å². The lowest BCUT2D eigenvalue weighted by Gasteiger charge is -2.14. The summed E-state index contributed by atoms with van der Waals surface area (Å²) in [4.78, 5) is 4.54. The van der Waals surface area contributed by atoms with Crippen LogP contribution in [0.5, 0.6) is 11.5 Å². The Kier molecular flexibility index (Phi) is 5.00. The van der Waals surface area contributed by atoms with Crippen molar-refractivity contribution in [3.05, 3.63) is 59.4 Å². The maximum Gasteiger partial charge on any atom is 0.181 e. The zero-order valence-corrected chi connectivity index (χ0v) is 14.6. The standard InChI is InChI=1S/C19H22N4O2/c1-4-25-16-11-14(9-10-15(16)24-3)17(20)19-21-18(22-23-19)13-7-5-12(2)6-8-13/h5-11,17H,4,20H2,1-3H3,(H,21,22,23). The van der Waals surface area contributed by atoms with Crippen molar-refractivity contribution in [2.45, 2.75) is 19.9 Å². The number of aromatic amines is 1. The molecule has 3 aromatic rings. The third-order valence-corrected chi connectivity index (χ3v) is 3.95. The van der Waals surface area contributed by atoms with Crippen molar-refractivity contribution >= 4 is 0 Å². The lowest BCUT2D eigenvalue weighted by molar-refractivity contribution is 0.310. The summed E-state index contributed by atoms with van der Waals surface area (Å²) in [5, 5.41) is 7.22. The first kappa shape index (κ1) is 17.0. The first-order valence-electron chi connectivity index (χ1n) is 8.18. The normalized spacial score (nSPS) is 12.0. The molecule has 3 N–H and O–H groups in total. The van der Waals surface area contributed by atoms with E-state index in [0.29, 0.717) is 29.8 Å². The van der Waals surface area contributed by atoms with Crippen molar-refractivity contribution in [1.82, 2.24) is 15.2 Å². The van der Waals surface area contributed by atoms with Crippen molar-refractivity contribution in [3.63, 3.8) is 0 Å². The number of aryl methyl sites for hydroxylation is 1. The molecule has 0 fully saturated rings. The fraction of sp³-hybridized carbons (Fsp3) is 0.263. The van der Waals surface area contributed by atoms with Gasteiger partial charge in [0.05, 0.1) is 19.8 Å². The fourth-order valence-corrected chi connectivity index (χ4v) is 2.56. The van der Waals surface area contributed by atoms with Gasteiger partial charge in [0.1, 0.15) is 5.82 Å². The highest BCUT2D eigenvalue weighted by Crippen LogP contribution is 2.31. The third-order valence-electron chi connectivity index (χ3n) is 3.95. The minimum atomic E-state index is -0.434. The molecule has 1 atom stereocenters. The molecule has 0 aliphatic heterocycles. The van der Waals surface area contributed by atoms with Gasteiger partial charge in [-0.2, -0.15) is 5.10 Å². The Bertz CT molecular complexity index is 843. The average Bonchev–Trinajstić information content (AvgIpc) is 3.12. The number of H-pyrrole nitrogens is 1. The second-order valence-electron chi connectivity index (χ2n) is 5.73. The fourth-order valence-electron chi connectivity index (χ4n) is 2.56. The van der Waals surface area contributed by atoms with Gasteiger partial charge in [0.25, 0.3) is 0 Å². The number of benzene rings is 2. The maximum absolute atomic E-state index is 6.36. The SMILES string of the molecule is CCOc1cc(C(N)c2nc(-c3ccc(C)cc3)n[nH]2)ccc1OC. The summed E-state index contributed by atoms with van der Waals surface area (Å²) < 4.78 is 10.9. The maximum atomic E-state index is 6.36. The summed E-state index contributed by atoms with van der Waals surface area (Å²) in [7, 11) is 1.61. The Morgan fingerprint density at radius 1 is 1.12 bits per heavy atom. The van der Waals surface area contributed by atoms with Crippen molar-refractivity contribution in [3.8, 4) is 22.9 Å². The van der Waals surface area contributed by atoms with Crippen LogP contribution in [0.15, 0.2) is 42.5 Å². The van der Waals surface area contributed by atoms with Gasteiger partial charge < -0.3 is 15.2 Å². The van der Waals surface area contributed by atoms with Gasteiger partial charge in [-0.05, 0) is 31.5 Å². The van der Waals surface area contributed by atoms with E-state index in [-0.39, 0.29) is 0 Å². The third kappa shape index (κ3) is 3.64. The van der Waals surface area contributed by atoms with E-state index in [0.717, 1.165) is 11.1 Å². The number of nitrogens with zero attached hydrogens (tertiary/aromatic N) is 2. The summed E-state index contributed by atoms with van der Waals surface area (Å²) in [6.07, 6.45) is 0. The zero-order valence-electron chi connectivity index (χ0n) is 14.6. The molecule has 130 valence electrons. The molecule has 0 spiro atoms. The van der Waals surface area contributed by atoms with E-state index in [1.807, 2.05) is 56.3 Å². The lowest BCUT2D eigenvalue weighted by atomic mass is 10.1. The Morgan fingerprint density at radius 2 is 1.88 bits per heavy atom. The van der Waals surface area contributed by atoms with Crippen LogP contribution < -0.4 is 15.2 Å². The quantitative estimate of drug-likeness (QED) is 0.720. The molecule has 25 heavy (non-hydrogen) atoms. The highest BCUT2D eigenvalue weighted by molar-refractivity contribution is 5.55. The van der Waals surface area contributed by atoms with E-state index < -0.39 is 6.04 Å². The highest BCUT2D eigenvalue weighted by atomic mass is 16.5. The number of methoxy groups -OCH3 is 1. The van der Waals surface area contributed by atoms with E-state index in [1.54, 1.807) is 7.11 Å². The zero-order chi connectivity index (χ0) is 17.8. The summed E-state index contributed by atoms with van der Waals surface area (Å²) in [6, 6.07) is 13.2. The van der Waals surface area contributed by atoms with Gasteiger partial charge in [-0.25, -0.2) is 4.98 Å². The summed E-state index contributed by atoms with van der Waals surface area (Å²) in [5.41, 5.74) is 9.37. The van der Waals surface area contributed by atoms with Crippen LogP contribution in [-0.4, -0.2) is 28.9 Å². The number of nitrogens with one attached hydrogen (secondary N) is 1. The highest BCUT2D eigenvalue weighted by Gasteiger charge is 2.17. The molecule has 0 aliphatic rings. The number of hydrogen-bond acceptors (Lipinski definition) is 5. The molecule has 0 saturated carbocycles. The van der Waals surface area contributed by atoms with Gasteiger partial charge in [-0.3, -0.25) is 5.10 Å². The number of nitrogens with two attached hydrogens (primary N) is 1. The second-order valence-corrected chi connectivity index (χ2v) is 5.73. The van der Waals surface area contributed by atoms with Gasteiger partial charge in [-0.1, -0.05) is 35.9 Å². The lowest BCUT2D eigenvalue weighted by Crippen LogP contribution is -2.14. The Hall–Kier alpha value is -2.86. The summed E-state index contributed by atoms with van der Waals surface area (Å²) in [6.45, 7) is 4.52. The van der Waals surface area contributed by atoms with E-state index in [1.165, 1.54) is 5.56 Å². The Morgan fingerprint density at radius 3 is 2.56 bits per heavy atom. The van der Waals surface area contributed by atoms with Gasteiger partial charge in [0, 0.05) is 5.56 Å². The predicted octanol–water partition coefficient (Wildman–Crippen LogP) is 3.24. The van der Waals surface area contributed by atoms with Crippen molar-refractivity contribution < 1.29 is 9.47 Å². The Labute approximate surface area is 147 Å². The van der Waals surface area contributed by atoms with Crippen LogP contribution in [0, 0.1) is 6.92 Å². The molecule has 0 bridgehead atoms. The molecular weight excluding hydrogens is 316 g/mol. The number of hydrogen-bond donors (Lipinski definition) is 2. The Balaban J connectivity index is 1.87. The molecule has 0 saturated heterocycles. The van der Waals surface area contributed by atoms with Crippen molar-refractivity contribution in [2.24, 2.45) is 5.73 Å². The molecule has 1 heterocycles. The minimum absolute atomic E-state index is 0.434. The molecule has 0 amide bonds. The first-order chi connectivity index (χ1) is 12.1. The van der Waals surface area contributed by atoms with E-state index in [9.17, 15) is 0 Å². The minimum Gasteiger partial charge on any atom is -0.493 e. The largest absolute Gasteiger partial charge is 0.493 e. The number of rotatable bonds is 6. The first-order valence-corrected chi connectivity index (χ1v) is 8.18. The molecule has 2 aromatic carbocycles. The second kappa shape index (κ2) is 7.36. The monoisotopic (exact) mass is 338 g/mol.